The first-order valence-electron chi connectivity index (χ1n) is 7.18. The molecule has 0 unspecified atom stereocenters. The maximum atomic E-state index is 2.31. The van der Waals surface area contributed by atoms with Crippen LogP contribution < -0.4 is 12.4 Å². The molecule has 16 heavy (non-hydrogen) atoms. The topological polar surface area (TPSA) is 0 Å². The van der Waals surface area contributed by atoms with Crippen molar-refractivity contribution in [1.29, 1.82) is 0 Å². The molecular weight excluding hydrogens is 218 g/mol. The third kappa shape index (κ3) is 5.54. The first-order chi connectivity index (χ1) is 7.33. The quantitative estimate of drug-likeness (QED) is 0.443. The first-order valence-corrected chi connectivity index (χ1v) is 7.18. The normalized spacial score (nSPS) is 18.4. The molecule has 0 aromatic heterocycles. The highest BCUT2D eigenvalue weighted by Gasteiger charge is 2.30. The minimum absolute atomic E-state index is 0. The van der Waals surface area contributed by atoms with Gasteiger partial charge in [0.05, 0.1) is 26.2 Å². The maximum absolute atomic E-state index is 2.31. The predicted octanol–water partition coefficient (Wildman–Crippen LogP) is 0.981. The van der Waals surface area contributed by atoms with Crippen molar-refractivity contribution in [3.8, 4) is 0 Å². The average Bonchev–Trinajstić information content (AvgIpc) is 2.68. The van der Waals surface area contributed by atoms with Crippen molar-refractivity contribution in [1.82, 2.24) is 0 Å². The third-order valence-corrected chi connectivity index (χ3v) is 3.99. The summed E-state index contributed by atoms with van der Waals surface area (Å²) in [5.74, 6) is 0. The van der Waals surface area contributed by atoms with Gasteiger partial charge in [0.25, 0.3) is 0 Å². The van der Waals surface area contributed by atoms with Gasteiger partial charge in [-0.3, -0.25) is 0 Å². The average molecular weight is 248 g/mol. The zero-order chi connectivity index (χ0) is 11.0. The lowest BCUT2D eigenvalue weighted by molar-refractivity contribution is -0.917. The second-order valence-corrected chi connectivity index (χ2v) is 5.36. The number of unbranched alkanes of at least 4 members (excludes halogenated alkanes) is 4. The summed E-state index contributed by atoms with van der Waals surface area (Å²) in [5, 5.41) is 0. The van der Waals surface area contributed by atoms with Crippen molar-refractivity contribution in [3.05, 3.63) is 0 Å². The van der Waals surface area contributed by atoms with Crippen molar-refractivity contribution in [3.63, 3.8) is 0 Å². The molecule has 1 nitrogen and oxygen atoms in total. The maximum Gasteiger partial charge on any atom is 0.0788 e. The standard InChI is InChI=1S/C14H30N.ClH/c1-3-5-7-11-15(12-8-6-4-2)13-9-10-14-15;/h3-14H2,1-2H3;1H/q+1;/p-1. The summed E-state index contributed by atoms with van der Waals surface area (Å²) in [6.45, 7) is 10.5. The Hall–Kier alpha value is 0.250. The largest absolute Gasteiger partial charge is 1.00 e. The molecule has 1 aliphatic rings. The van der Waals surface area contributed by atoms with Crippen molar-refractivity contribution >= 4 is 0 Å². The Bertz CT molecular complexity index is 141. The van der Waals surface area contributed by atoms with Crippen LogP contribution in [0.4, 0.5) is 0 Å². The number of hydrogen-bond acceptors (Lipinski definition) is 0. The molecule has 0 amide bonds. The van der Waals surface area contributed by atoms with Gasteiger partial charge < -0.3 is 16.9 Å². The molecule has 0 N–H and O–H groups in total. The second-order valence-electron chi connectivity index (χ2n) is 5.36. The zero-order valence-electron chi connectivity index (χ0n) is 11.3. The molecule has 1 saturated heterocycles. The molecule has 0 aromatic carbocycles. The molecule has 2 heteroatoms. The van der Waals surface area contributed by atoms with Gasteiger partial charge in [-0.1, -0.05) is 26.7 Å². The van der Waals surface area contributed by atoms with Crippen molar-refractivity contribution in [2.24, 2.45) is 0 Å². The van der Waals surface area contributed by atoms with Crippen LogP contribution in [-0.4, -0.2) is 30.7 Å². The number of likely N-dealkylation sites (tertiary alicyclic amines) is 1. The van der Waals surface area contributed by atoms with Gasteiger partial charge in [0, 0.05) is 12.8 Å². The molecule has 0 saturated carbocycles. The van der Waals surface area contributed by atoms with Crippen molar-refractivity contribution < 1.29 is 16.9 Å². The second kappa shape index (κ2) is 9.30. The van der Waals surface area contributed by atoms with Gasteiger partial charge >= 0.3 is 0 Å². The van der Waals surface area contributed by atoms with E-state index < -0.39 is 0 Å². The molecule has 0 bridgehead atoms. The van der Waals surface area contributed by atoms with Crippen LogP contribution in [0.25, 0.3) is 0 Å². The summed E-state index contributed by atoms with van der Waals surface area (Å²) in [6.07, 6.45) is 11.5. The van der Waals surface area contributed by atoms with Crippen LogP contribution in [0.5, 0.6) is 0 Å². The van der Waals surface area contributed by atoms with E-state index in [0.717, 1.165) is 0 Å². The molecule has 1 aliphatic heterocycles. The van der Waals surface area contributed by atoms with E-state index in [0.29, 0.717) is 0 Å². The Morgan fingerprint density at radius 2 is 1.19 bits per heavy atom. The van der Waals surface area contributed by atoms with E-state index in [1.54, 1.807) is 0 Å². The lowest BCUT2D eigenvalue weighted by atomic mass is 10.2. The number of quaternary nitrogens is 1. The van der Waals surface area contributed by atoms with Crippen LogP contribution in [0.15, 0.2) is 0 Å². The minimum atomic E-state index is 0. The molecule has 98 valence electrons. The van der Waals surface area contributed by atoms with E-state index in [1.807, 2.05) is 0 Å². The van der Waals surface area contributed by atoms with Crippen LogP contribution >= 0.6 is 0 Å². The summed E-state index contributed by atoms with van der Waals surface area (Å²) in [6, 6.07) is 0. The van der Waals surface area contributed by atoms with E-state index in [-0.39, 0.29) is 12.4 Å². The van der Waals surface area contributed by atoms with Crippen LogP contribution in [0, 0.1) is 0 Å². The van der Waals surface area contributed by atoms with Gasteiger partial charge in [0.1, 0.15) is 0 Å². The molecule has 1 heterocycles. The highest BCUT2D eigenvalue weighted by molar-refractivity contribution is 4.56. The SMILES string of the molecule is CCCCC[N+]1(CCCCC)CCCC1.[Cl-]. The number of hydrogen-bond donors (Lipinski definition) is 0. The van der Waals surface area contributed by atoms with Gasteiger partial charge in [-0.15, -0.1) is 0 Å². The molecule has 0 radical (unpaired) electrons. The van der Waals surface area contributed by atoms with Gasteiger partial charge in [-0.05, 0) is 25.7 Å². The van der Waals surface area contributed by atoms with Crippen LogP contribution in [0.2, 0.25) is 0 Å². The lowest BCUT2D eigenvalue weighted by Crippen LogP contribution is -3.00. The van der Waals surface area contributed by atoms with E-state index in [2.05, 4.69) is 13.8 Å². The summed E-state index contributed by atoms with van der Waals surface area (Å²) in [7, 11) is 0. The molecule has 0 atom stereocenters. The Morgan fingerprint density at radius 1 is 0.750 bits per heavy atom. The van der Waals surface area contributed by atoms with Crippen LogP contribution in [-0.2, 0) is 0 Å². The summed E-state index contributed by atoms with van der Waals surface area (Å²) in [5.41, 5.74) is 0. The summed E-state index contributed by atoms with van der Waals surface area (Å²) >= 11 is 0. The smallest absolute Gasteiger partial charge is 0.0788 e. The monoisotopic (exact) mass is 247 g/mol. The molecule has 1 rings (SSSR count). The fourth-order valence-corrected chi connectivity index (χ4v) is 2.96. The Balaban J connectivity index is 0.00000225. The molecular formula is C14H30ClN. The van der Waals surface area contributed by atoms with E-state index >= 15 is 0 Å². The van der Waals surface area contributed by atoms with Crippen molar-refractivity contribution in [2.45, 2.75) is 65.2 Å². The van der Waals surface area contributed by atoms with Gasteiger partial charge in [0.2, 0.25) is 0 Å². The fraction of sp³-hybridized carbons (Fsp3) is 1.00. The predicted molar refractivity (Wildman–Crippen MR) is 68.0 cm³/mol. The highest BCUT2D eigenvalue weighted by atomic mass is 35.5. The highest BCUT2D eigenvalue weighted by Crippen LogP contribution is 2.22. The number of rotatable bonds is 8. The van der Waals surface area contributed by atoms with Crippen LogP contribution in [0.3, 0.4) is 0 Å². The van der Waals surface area contributed by atoms with E-state index in [1.165, 1.54) is 82.0 Å². The third-order valence-electron chi connectivity index (χ3n) is 3.99. The number of nitrogens with zero attached hydrogens (tertiary/aromatic N) is 1. The lowest BCUT2D eigenvalue weighted by Gasteiger charge is -2.34. The molecule has 1 fully saturated rings. The van der Waals surface area contributed by atoms with E-state index in [4.69, 9.17) is 0 Å². The minimum Gasteiger partial charge on any atom is -1.00 e. The fourth-order valence-electron chi connectivity index (χ4n) is 2.96. The zero-order valence-corrected chi connectivity index (χ0v) is 12.1. The summed E-state index contributed by atoms with van der Waals surface area (Å²) < 4.78 is 1.47. The number of halogens is 1. The van der Waals surface area contributed by atoms with Crippen LogP contribution in [0.1, 0.15) is 65.2 Å². The molecule has 0 spiro atoms. The Kier molecular flexibility index (Phi) is 9.44. The summed E-state index contributed by atoms with van der Waals surface area (Å²) in [4.78, 5) is 0. The van der Waals surface area contributed by atoms with Gasteiger partial charge in [-0.2, -0.15) is 0 Å². The first kappa shape index (κ1) is 16.2. The molecule has 0 aromatic rings. The Morgan fingerprint density at radius 3 is 1.56 bits per heavy atom. The van der Waals surface area contributed by atoms with Crippen molar-refractivity contribution in [2.75, 3.05) is 26.2 Å². The van der Waals surface area contributed by atoms with Gasteiger partial charge in [-0.25, -0.2) is 0 Å². The van der Waals surface area contributed by atoms with E-state index in [9.17, 15) is 0 Å². The molecule has 0 aliphatic carbocycles. The van der Waals surface area contributed by atoms with Gasteiger partial charge in [0.15, 0.2) is 0 Å². The Labute approximate surface area is 109 Å².